The average Bonchev–Trinajstić information content (AvgIpc) is 2.77. The molecule has 0 saturated carbocycles. The van der Waals surface area contributed by atoms with Gasteiger partial charge >= 0.3 is 5.97 Å². The second-order valence-electron chi connectivity index (χ2n) is 5.19. The molecule has 3 rings (SSSR count). The summed E-state index contributed by atoms with van der Waals surface area (Å²) < 4.78 is 5.48. The zero-order chi connectivity index (χ0) is 13.4. The number of hydrogen-bond donors (Lipinski definition) is 0. The summed E-state index contributed by atoms with van der Waals surface area (Å²) >= 11 is 0. The highest BCUT2D eigenvalue weighted by Crippen LogP contribution is 2.35. The number of rotatable bonds is 2. The minimum Gasteiger partial charge on any atom is -0.449 e. The SMILES string of the molecule is CC(C)c1ccc([C@H]2OC(=O)c3ccccc32)cc1. The smallest absolute Gasteiger partial charge is 0.339 e. The molecule has 0 aliphatic carbocycles. The Morgan fingerprint density at radius 2 is 1.68 bits per heavy atom. The Hall–Kier alpha value is -2.09. The summed E-state index contributed by atoms with van der Waals surface area (Å²) in [6.45, 7) is 4.33. The molecule has 19 heavy (non-hydrogen) atoms. The van der Waals surface area contributed by atoms with Crippen LogP contribution in [0.3, 0.4) is 0 Å². The van der Waals surface area contributed by atoms with Gasteiger partial charge in [0.25, 0.3) is 0 Å². The molecule has 0 aromatic heterocycles. The van der Waals surface area contributed by atoms with E-state index in [1.54, 1.807) is 0 Å². The van der Waals surface area contributed by atoms with E-state index in [4.69, 9.17) is 4.74 Å². The Labute approximate surface area is 113 Å². The van der Waals surface area contributed by atoms with Crippen molar-refractivity contribution in [2.75, 3.05) is 0 Å². The van der Waals surface area contributed by atoms with E-state index in [1.165, 1.54) is 5.56 Å². The topological polar surface area (TPSA) is 26.3 Å². The van der Waals surface area contributed by atoms with Gasteiger partial charge in [-0.05, 0) is 23.1 Å². The van der Waals surface area contributed by atoms with Crippen LogP contribution in [0.15, 0.2) is 48.5 Å². The van der Waals surface area contributed by atoms with Gasteiger partial charge < -0.3 is 4.74 Å². The Kier molecular flexibility index (Phi) is 2.86. The third-order valence-corrected chi connectivity index (χ3v) is 3.59. The van der Waals surface area contributed by atoms with Crippen molar-refractivity contribution in [3.8, 4) is 0 Å². The van der Waals surface area contributed by atoms with Gasteiger partial charge in [0.05, 0.1) is 5.56 Å². The highest BCUT2D eigenvalue weighted by molar-refractivity contribution is 5.94. The molecule has 96 valence electrons. The average molecular weight is 252 g/mol. The first-order valence-electron chi connectivity index (χ1n) is 6.56. The second-order valence-corrected chi connectivity index (χ2v) is 5.19. The van der Waals surface area contributed by atoms with Crippen molar-refractivity contribution in [2.24, 2.45) is 0 Å². The molecule has 2 aromatic rings. The zero-order valence-corrected chi connectivity index (χ0v) is 11.1. The molecule has 2 heteroatoms. The Balaban J connectivity index is 1.98. The van der Waals surface area contributed by atoms with Gasteiger partial charge in [0.15, 0.2) is 6.10 Å². The molecule has 2 aromatic carbocycles. The van der Waals surface area contributed by atoms with Crippen LogP contribution >= 0.6 is 0 Å². The van der Waals surface area contributed by atoms with Gasteiger partial charge in [0.2, 0.25) is 0 Å². The minimum atomic E-state index is -0.259. The third kappa shape index (κ3) is 2.03. The normalized spacial score (nSPS) is 17.4. The number of carbonyl (C=O) groups is 1. The summed E-state index contributed by atoms with van der Waals surface area (Å²) in [6, 6.07) is 15.9. The lowest BCUT2D eigenvalue weighted by atomic mass is 9.96. The van der Waals surface area contributed by atoms with Gasteiger partial charge in [-0.1, -0.05) is 56.3 Å². The standard InChI is InChI=1S/C17H16O2/c1-11(2)12-7-9-13(10-8-12)16-14-5-3-4-6-15(14)17(18)19-16/h3-11,16H,1-2H3/t16-/m1/s1. The number of benzene rings is 2. The molecule has 0 spiro atoms. The van der Waals surface area contributed by atoms with E-state index < -0.39 is 0 Å². The summed E-state index contributed by atoms with van der Waals surface area (Å²) in [6.07, 6.45) is -0.259. The maximum Gasteiger partial charge on any atom is 0.339 e. The zero-order valence-electron chi connectivity index (χ0n) is 11.1. The van der Waals surface area contributed by atoms with Crippen LogP contribution in [0.1, 0.15) is 52.9 Å². The Morgan fingerprint density at radius 3 is 2.37 bits per heavy atom. The third-order valence-electron chi connectivity index (χ3n) is 3.59. The molecule has 2 nitrogen and oxygen atoms in total. The predicted molar refractivity (Wildman–Crippen MR) is 74.2 cm³/mol. The first kappa shape index (κ1) is 12.0. The molecule has 1 heterocycles. The molecule has 0 saturated heterocycles. The van der Waals surface area contributed by atoms with E-state index in [2.05, 4.69) is 38.1 Å². The minimum absolute atomic E-state index is 0.228. The Bertz CT molecular complexity index is 611. The highest BCUT2D eigenvalue weighted by Gasteiger charge is 2.31. The van der Waals surface area contributed by atoms with Gasteiger partial charge in [-0.3, -0.25) is 0 Å². The molecule has 0 amide bonds. The number of carbonyl (C=O) groups excluding carboxylic acids is 1. The number of fused-ring (bicyclic) bond motifs is 1. The van der Waals surface area contributed by atoms with Crippen molar-refractivity contribution in [2.45, 2.75) is 25.9 Å². The van der Waals surface area contributed by atoms with E-state index in [1.807, 2.05) is 24.3 Å². The predicted octanol–water partition coefficient (Wildman–Crippen LogP) is 4.07. The summed E-state index contributed by atoms with van der Waals surface area (Å²) in [5, 5.41) is 0. The van der Waals surface area contributed by atoms with E-state index in [0.29, 0.717) is 11.5 Å². The van der Waals surface area contributed by atoms with Crippen LogP contribution in [0.25, 0.3) is 0 Å². The van der Waals surface area contributed by atoms with E-state index >= 15 is 0 Å². The van der Waals surface area contributed by atoms with Crippen molar-refractivity contribution in [3.63, 3.8) is 0 Å². The fourth-order valence-corrected chi connectivity index (χ4v) is 2.45. The van der Waals surface area contributed by atoms with Crippen molar-refractivity contribution < 1.29 is 9.53 Å². The summed E-state index contributed by atoms with van der Waals surface area (Å²) in [5.41, 5.74) is 3.97. The Morgan fingerprint density at radius 1 is 1.00 bits per heavy atom. The van der Waals surface area contributed by atoms with Crippen molar-refractivity contribution >= 4 is 5.97 Å². The van der Waals surface area contributed by atoms with Gasteiger partial charge in [-0.15, -0.1) is 0 Å². The van der Waals surface area contributed by atoms with Crippen molar-refractivity contribution in [1.82, 2.24) is 0 Å². The maximum atomic E-state index is 11.8. The molecular weight excluding hydrogens is 236 g/mol. The molecule has 0 radical (unpaired) electrons. The number of esters is 1. The lowest BCUT2D eigenvalue weighted by Gasteiger charge is -2.12. The van der Waals surface area contributed by atoms with Crippen LogP contribution in [0.5, 0.6) is 0 Å². The molecular formula is C17H16O2. The molecule has 0 bridgehead atoms. The number of cyclic esters (lactones) is 1. The highest BCUT2D eigenvalue weighted by atomic mass is 16.5. The van der Waals surface area contributed by atoms with Crippen LogP contribution in [-0.2, 0) is 4.74 Å². The van der Waals surface area contributed by atoms with Crippen molar-refractivity contribution in [1.29, 1.82) is 0 Å². The first-order chi connectivity index (χ1) is 9.16. The maximum absolute atomic E-state index is 11.8. The molecule has 1 aliphatic heterocycles. The van der Waals surface area contributed by atoms with Crippen LogP contribution in [0.4, 0.5) is 0 Å². The monoisotopic (exact) mass is 252 g/mol. The van der Waals surface area contributed by atoms with Crippen LogP contribution < -0.4 is 0 Å². The molecule has 0 unspecified atom stereocenters. The first-order valence-corrected chi connectivity index (χ1v) is 6.56. The quantitative estimate of drug-likeness (QED) is 0.753. The van der Waals surface area contributed by atoms with Gasteiger partial charge in [0, 0.05) is 5.56 Å². The molecule has 0 fully saturated rings. The lowest BCUT2D eigenvalue weighted by Crippen LogP contribution is -2.01. The molecule has 1 atom stereocenters. The number of ether oxygens (including phenoxy) is 1. The van der Waals surface area contributed by atoms with Crippen molar-refractivity contribution in [3.05, 3.63) is 70.8 Å². The fourth-order valence-electron chi connectivity index (χ4n) is 2.45. The lowest BCUT2D eigenvalue weighted by molar-refractivity contribution is 0.0456. The fraction of sp³-hybridized carbons (Fsp3) is 0.235. The van der Waals surface area contributed by atoms with Crippen LogP contribution in [0, 0.1) is 0 Å². The molecule has 1 aliphatic rings. The number of hydrogen-bond acceptors (Lipinski definition) is 2. The van der Waals surface area contributed by atoms with E-state index in [0.717, 1.165) is 11.1 Å². The van der Waals surface area contributed by atoms with Crippen LogP contribution in [0.2, 0.25) is 0 Å². The summed E-state index contributed by atoms with van der Waals surface area (Å²) in [7, 11) is 0. The van der Waals surface area contributed by atoms with Gasteiger partial charge in [-0.25, -0.2) is 4.79 Å². The largest absolute Gasteiger partial charge is 0.449 e. The summed E-state index contributed by atoms with van der Waals surface area (Å²) in [5.74, 6) is 0.279. The van der Waals surface area contributed by atoms with E-state index in [-0.39, 0.29) is 12.1 Å². The molecule has 0 N–H and O–H groups in total. The van der Waals surface area contributed by atoms with Crippen LogP contribution in [-0.4, -0.2) is 5.97 Å². The summed E-state index contributed by atoms with van der Waals surface area (Å²) in [4.78, 5) is 11.8. The van der Waals surface area contributed by atoms with Gasteiger partial charge in [-0.2, -0.15) is 0 Å². The second kappa shape index (κ2) is 4.54. The van der Waals surface area contributed by atoms with E-state index in [9.17, 15) is 4.79 Å². The van der Waals surface area contributed by atoms with Gasteiger partial charge in [0.1, 0.15) is 0 Å².